The van der Waals surface area contributed by atoms with Gasteiger partial charge in [0.05, 0.1) is 29.2 Å². The van der Waals surface area contributed by atoms with Crippen molar-refractivity contribution in [3.63, 3.8) is 0 Å². The van der Waals surface area contributed by atoms with E-state index < -0.39 is 27.5 Å². The number of aromatic nitrogens is 2. The van der Waals surface area contributed by atoms with Gasteiger partial charge in [0.2, 0.25) is 0 Å². The Hall–Kier alpha value is -3.32. The summed E-state index contributed by atoms with van der Waals surface area (Å²) in [5, 5.41) is 8.69. The Morgan fingerprint density at radius 3 is 2.54 bits per heavy atom. The van der Waals surface area contributed by atoms with Crippen LogP contribution in [0.15, 0.2) is 47.6 Å². The van der Waals surface area contributed by atoms with Crippen molar-refractivity contribution in [2.24, 2.45) is 0 Å². The van der Waals surface area contributed by atoms with Gasteiger partial charge in [-0.3, -0.25) is 4.72 Å². The molecule has 0 saturated carbocycles. The molecule has 0 spiro atoms. The lowest BCUT2D eigenvalue weighted by Gasteiger charge is -2.07. The molecule has 2 aromatic heterocycles. The second-order valence-electron chi connectivity index (χ2n) is 5.14. The van der Waals surface area contributed by atoms with Crippen molar-refractivity contribution in [3.05, 3.63) is 65.7 Å². The number of nitrogens with one attached hydrogen (secondary N) is 2. The van der Waals surface area contributed by atoms with Crippen LogP contribution in [0.2, 0.25) is 0 Å². The molecule has 0 atom stereocenters. The number of nitriles is 1. The maximum atomic E-state index is 13.9. The number of hydrogen-bond donors (Lipinski definition) is 2. The lowest BCUT2D eigenvalue weighted by molar-refractivity contribution is 0.575. The number of sulfonamides is 1. The predicted octanol–water partition coefficient (Wildman–Crippen LogP) is 3.17. The van der Waals surface area contributed by atoms with Gasteiger partial charge in [0.25, 0.3) is 10.0 Å². The summed E-state index contributed by atoms with van der Waals surface area (Å²) in [6.07, 6.45) is 1.85. The highest BCUT2D eigenvalue weighted by Crippen LogP contribution is 2.25. The largest absolute Gasteiger partial charge is 0.358 e. The topological polar surface area (TPSA) is 98.6 Å². The molecule has 1 aromatic carbocycles. The van der Waals surface area contributed by atoms with Gasteiger partial charge in [0.15, 0.2) is 5.82 Å². The van der Waals surface area contributed by atoms with E-state index in [1.807, 2.05) is 4.72 Å². The summed E-state index contributed by atoms with van der Waals surface area (Å²) >= 11 is 0. The minimum Gasteiger partial charge on any atom is -0.358 e. The highest BCUT2D eigenvalue weighted by molar-refractivity contribution is 7.92. The molecule has 3 aromatic rings. The Morgan fingerprint density at radius 2 is 1.88 bits per heavy atom. The van der Waals surface area contributed by atoms with Gasteiger partial charge in [-0.25, -0.2) is 26.6 Å². The summed E-state index contributed by atoms with van der Waals surface area (Å²) in [5.41, 5.74) is -0.578. The van der Waals surface area contributed by atoms with Gasteiger partial charge in [-0.2, -0.15) is 5.26 Å². The molecule has 132 valence electrons. The number of pyridine rings is 1. The maximum Gasteiger partial charge on any atom is 0.263 e. The van der Waals surface area contributed by atoms with Crippen LogP contribution in [-0.4, -0.2) is 18.4 Å². The molecule has 0 bridgehead atoms. The minimum atomic E-state index is -4.19. The molecule has 0 aliphatic carbocycles. The molecule has 26 heavy (non-hydrogen) atoms. The van der Waals surface area contributed by atoms with Crippen LogP contribution in [0.25, 0.3) is 11.4 Å². The quantitative estimate of drug-likeness (QED) is 0.728. The van der Waals surface area contributed by atoms with Gasteiger partial charge in [-0.1, -0.05) is 0 Å². The van der Waals surface area contributed by atoms with Gasteiger partial charge in [0, 0.05) is 12.3 Å². The van der Waals surface area contributed by atoms with E-state index in [1.54, 1.807) is 6.07 Å². The van der Waals surface area contributed by atoms with Crippen molar-refractivity contribution in [3.8, 4) is 17.5 Å². The summed E-state index contributed by atoms with van der Waals surface area (Å²) < 4.78 is 67.3. The van der Waals surface area contributed by atoms with E-state index >= 15 is 0 Å². The van der Waals surface area contributed by atoms with E-state index in [4.69, 9.17) is 5.26 Å². The molecule has 10 heteroatoms. The van der Waals surface area contributed by atoms with Gasteiger partial charge in [-0.05, 0) is 24.3 Å². The molecule has 0 aliphatic heterocycles. The van der Waals surface area contributed by atoms with Crippen molar-refractivity contribution in [1.29, 1.82) is 5.26 Å². The molecular formula is C16H9F3N4O2S. The van der Waals surface area contributed by atoms with Crippen LogP contribution in [-0.2, 0) is 10.0 Å². The molecule has 0 amide bonds. The standard InChI is InChI=1S/C16H9F3N4O2S/c17-10-4-13(19)16(22-7-10)15-5-11(8-21-15)26(24,25)23-14-2-1-9(6-20)3-12(14)18/h1-5,7-8,21,23H. The Morgan fingerprint density at radius 1 is 1.12 bits per heavy atom. The van der Waals surface area contributed by atoms with Crippen LogP contribution in [0, 0.1) is 28.8 Å². The van der Waals surface area contributed by atoms with Crippen molar-refractivity contribution >= 4 is 15.7 Å². The Balaban J connectivity index is 1.92. The number of rotatable bonds is 4. The van der Waals surface area contributed by atoms with Crippen LogP contribution >= 0.6 is 0 Å². The van der Waals surface area contributed by atoms with E-state index in [0.717, 1.165) is 30.6 Å². The molecular weight excluding hydrogens is 369 g/mol. The highest BCUT2D eigenvalue weighted by Gasteiger charge is 2.20. The minimum absolute atomic E-state index is 0.00294. The summed E-state index contributed by atoms with van der Waals surface area (Å²) in [5.74, 6) is -2.76. The third-order valence-corrected chi connectivity index (χ3v) is 4.72. The number of hydrogen-bond acceptors (Lipinski definition) is 4. The second kappa shape index (κ2) is 6.53. The van der Waals surface area contributed by atoms with Crippen molar-refractivity contribution in [2.75, 3.05) is 4.72 Å². The number of benzene rings is 1. The zero-order valence-corrected chi connectivity index (χ0v) is 13.6. The SMILES string of the molecule is N#Cc1ccc(NS(=O)(=O)c2c[nH]c(-c3ncc(F)cc3F)c2)c(F)c1. The first-order valence-electron chi connectivity index (χ1n) is 7.02. The van der Waals surface area contributed by atoms with Gasteiger partial charge >= 0.3 is 0 Å². The zero-order chi connectivity index (χ0) is 18.9. The lowest BCUT2D eigenvalue weighted by Crippen LogP contribution is -2.13. The number of H-pyrrole nitrogens is 1. The molecule has 0 radical (unpaired) electrons. The maximum absolute atomic E-state index is 13.9. The molecule has 0 saturated heterocycles. The Bertz CT molecular complexity index is 1140. The molecule has 2 N–H and O–H groups in total. The van der Waals surface area contributed by atoms with Crippen molar-refractivity contribution in [1.82, 2.24) is 9.97 Å². The first-order chi connectivity index (χ1) is 12.3. The average Bonchev–Trinajstić information content (AvgIpc) is 3.07. The predicted molar refractivity (Wildman–Crippen MR) is 85.9 cm³/mol. The number of nitrogens with zero attached hydrogens (tertiary/aromatic N) is 2. The first kappa shape index (κ1) is 17.5. The molecule has 0 fully saturated rings. The molecule has 2 heterocycles. The first-order valence-corrected chi connectivity index (χ1v) is 8.51. The molecule has 0 aliphatic rings. The summed E-state index contributed by atoms with van der Waals surface area (Å²) in [6.45, 7) is 0. The third kappa shape index (κ3) is 3.38. The molecule has 0 unspecified atom stereocenters. The van der Waals surface area contributed by atoms with E-state index in [-0.39, 0.29) is 27.5 Å². The fraction of sp³-hybridized carbons (Fsp3) is 0. The normalized spacial score (nSPS) is 11.2. The van der Waals surface area contributed by atoms with Crippen LogP contribution < -0.4 is 4.72 Å². The molecule has 6 nitrogen and oxygen atoms in total. The Labute approximate surface area is 146 Å². The van der Waals surface area contributed by atoms with Crippen molar-refractivity contribution in [2.45, 2.75) is 4.90 Å². The summed E-state index contributed by atoms with van der Waals surface area (Å²) in [7, 11) is -4.19. The van der Waals surface area contributed by atoms with Gasteiger partial charge in [-0.15, -0.1) is 0 Å². The fourth-order valence-corrected chi connectivity index (χ4v) is 3.21. The summed E-state index contributed by atoms with van der Waals surface area (Å²) in [4.78, 5) is 5.80. The van der Waals surface area contributed by atoms with E-state index in [0.29, 0.717) is 6.07 Å². The number of aromatic amines is 1. The average molecular weight is 378 g/mol. The van der Waals surface area contributed by atoms with E-state index in [2.05, 4.69) is 9.97 Å². The smallest absolute Gasteiger partial charge is 0.263 e. The monoisotopic (exact) mass is 378 g/mol. The summed E-state index contributed by atoms with van der Waals surface area (Å²) in [6, 6.07) is 6.67. The molecule has 3 rings (SSSR count). The Kier molecular flexibility index (Phi) is 4.40. The second-order valence-corrected chi connectivity index (χ2v) is 6.83. The fourth-order valence-electron chi connectivity index (χ4n) is 2.15. The third-order valence-electron chi connectivity index (χ3n) is 3.37. The van der Waals surface area contributed by atoms with Crippen LogP contribution in [0.3, 0.4) is 0 Å². The lowest BCUT2D eigenvalue weighted by atomic mass is 10.2. The zero-order valence-electron chi connectivity index (χ0n) is 12.8. The van der Waals surface area contributed by atoms with Crippen LogP contribution in [0.4, 0.5) is 18.9 Å². The van der Waals surface area contributed by atoms with Crippen LogP contribution in [0.5, 0.6) is 0 Å². The number of anilines is 1. The van der Waals surface area contributed by atoms with Gasteiger partial charge in [0.1, 0.15) is 22.2 Å². The van der Waals surface area contributed by atoms with Crippen LogP contribution in [0.1, 0.15) is 5.56 Å². The van der Waals surface area contributed by atoms with Crippen molar-refractivity contribution < 1.29 is 21.6 Å². The van der Waals surface area contributed by atoms with E-state index in [1.165, 1.54) is 6.07 Å². The number of halogens is 3. The van der Waals surface area contributed by atoms with E-state index in [9.17, 15) is 21.6 Å². The highest BCUT2D eigenvalue weighted by atomic mass is 32.2. The van der Waals surface area contributed by atoms with Gasteiger partial charge < -0.3 is 4.98 Å².